The lowest BCUT2D eigenvalue weighted by atomic mass is 10.3. The summed E-state index contributed by atoms with van der Waals surface area (Å²) in [5.74, 6) is -4.28. The second-order valence-electron chi connectivity index (χ2n) is 3.66. The van der Waals surface area contributed by atoms with Gasteiger partial charge in [-0.3, -0.25) is 0 Å². The third-order valence-corrected chi connectivity index (χ3v) is 2.37. The van der Waals surface area contributed by atoms with Gasteiger partial charge in [0.1, 0.15) is 0 Å². The molecule has 1 aliphatic carbocycles. The highest BCUT2D eigenvalue weighted by molar-refractivity contribution is 5.87. The van der Waals surface area contributed by atoms with Crippen LogP contribution in [0.3, 0.4) is 0 Å². The van der Waals surface area contributed by atoms with E-state index in [2.05, 4.69) is 4.98 Å². The van der Waals surface area contributed by atoms with Gasteiger partial charge in [-0.2, -0.15) is 0 Å². The van der Waals surface area contributed by atoms with E-state index in [0.717, 1.165) is 6.20 Å². The topological polar surface area (TPSA) is 59.4 Å². The van der Waals surface area contributed by atoms with Gasteiger partial charge in [0.2, 0.25) is 5.88 Å². The highest BCUT2D eigenvalue weighted by Gasteiger charge is 2.57. The monoisotopic (exact) mass is 229 g/mol. The highest BCUT2D eigenvalue weighted by atomic mass is 19.3. The molecule has 0 aromatic carbocycles. The second kappa shape index (κ2) is 3.70. The van der Waals surface area contributed by atoms with Crippen LogP contribution in [0.4, 0.5) is 8.78 Å². The molecule has 0 bridgehead atoms. The number of aromatic nitrogens is 1. The number of pyridine rings is 1. The Bertz CT molecular complexity index is 405. The summed E-state index contributed by atoms with van der Waals surface area (Å²) in [7, 11) is 0. The number of alkyl halides is 2. The molecule has 1 aliphatic rings. The van der Waals surface area contributed by atoms with Gasteiger partial charge in [0.25, 0.3) is 5.92 Å². The van der Waals surface area contributed by atoms with Crippen LogP contribution in [0.25, 0.3) is 0 Å². The van der Waals surface area contributed by atoms with Gasteiger partial charge in [-0.25, -0.2) is 18.6 Å². The predicted molar refractivity (Wildman–Crippen MR) is 49.7 cm³/mol. The van der Waals surface area contributed by atoms with E-state index >= 15 is 0 Å². The lowest BCUT2D eigenvalue weighted by Crippen LogP contribution is -2.07. The van der Waals surface area contributed by atoms with Gasteiger partial charge in [0, 0.05) is 18.7 Å². The molecule has 6 heteroatoms. The van der Waals surface area contributed by atoms with Crippen molar-refractivity contribution in [3.63, 3.8) is 0 Å². The van der Waals surface area contributed by atoms with Crippen molar-refractivity contribution >= 4 is 5.97 Å². The van der Waals surface area contributed by atoms with E-state index in [-0.39, 0.29) is 24.5 Å². The summed E-state index contributed by atoms with van der Waals surface area (Å²) in [6.07, 6.45) is 0.975. The Morgan fingerprint density at radius 1 is 1.62 bits per heavy atom. The maximum Gasteiger partial charge on any atom is 0.337 e. The van der Waals surface area contributed by atoms with Crippen LogP contribution in [0.1, 0.15) is 16.8 Å². The minimum atomic E-state index is -2.61. The van der Waals surface area contributed by atoms with Gasteiger partial charge in [0.15, 0.2) is 0 Å². The number of carboxylic acid groups (broad SMARTS) is 1. The lowest BCUT2D eigenvalue weighted by Gasteiger charge is -2.04. The molecule has 0 radical (unpaired) electrons. The van der Waals surface area contributed by atoms with E-state index in [1.165, 1.54) is 12.1 Å². The van der Waals surface area contributed by atoms with E-state index < -0.39 is 17.8 Å². The zero-order valence-electron chi connectivity index (χ0n) is 8.19. The van der Waals surface area contributed by atoms with Crippen LogP contribution in [-0.4, -0.2) is 28.6 Å². The first-order valence-corrected chi connectivity index (χ1v) is 4.69. The molecule has 1 heterocycles. The molecular formula is C10H9F2NO3. The molecule has 0 unspecified atom stereocenters. The zero-order chi connectivity index (χ0) is 11.8. The number of rotatable bonds is 4. The third-order valence-electron chi connectivity index (χ3n) is 2.37. The van der Waals surface area contributed by atoms with Crippen LogP contribution in [0, 0.1) is 5.92 Å². The molecule has 0 spiro atoms. The quantitative estimate of drug-likeness (QED) is 0.855. The molecule has 4 nitrogen and oxygen atoms in total. The Morgan fingerprint density at radius 3 is 2.75 bits per heavy atom. The molecule has 0 aliphatic heterocycles. The lowest BCUT2D eigenvalue weighted by molar-refractivity contribution is 0.0696. The molecule has 0 amide bonds. The van der Waals surface area contributed by atoms with E-state index in [4.69, 9.17) is 9.84 Å². The number of halogens is 2. The zero-order valence-corrected chi connectivity index (χ0v) is 8.19. The largest absolute Gasteiger partial charge is 0.478 e. The number of carboxylic acids is 1. The fraction of sp³-hybridized carbons (Fsp3) is 0.400. The molecule has 86 valence electrons. The van der Waals surface area contributed by atoms with Crippen LogP contribution in [0.15, 0.2) is 18.3 Å². The molecule has 16 heavy (non-hydrogen) atoms. The van der Waals surface area contributed by atoms with Crippen molar-refractivity contribution in [2.75, 3.05) is 6.61 Å². The maximum absolute atomic E-state index is 12.5. The molecular weight excluding hydrogens is 220 g/mol. The first kappa shape index (κ1) is 10.8. The summed E-state index contributed by atoms with van der Waals surface area (Å²) < 4.78 is 30.0. The molecule has 1 aromatic heterocycles. The fourth-order valence-electron chi connectivity index (χ4n) is 1.23. The normalized spacial score (nSPS) is 21.5. The summed E-state index contributed by atoms with van der Waals surface area (Å²) in [6.45, 7) is -0.0909. The number of aromatic carboxylic acids is 1. The average molecular weight is 229 g/mol. The average Bonchev–Trinajstić information content (AvgIpc) is 2.84. The Morgan fingerprint density at radius 2 is 2.31 bits per heavy atom. The number of carbonyl (C=O) groups is 1. The summed E-state index contributed by atoms with van der Waals surface area (Å²) in [5, 5.41) is 8.59. The van der Waals surface area contributed by atoms with Crippen LogP contribution >= 0.6 is 0 Å². The van der Waals surface area contributed by atoms with Crippen molar-refractivity contribution in [1.82, 2.24) is 4.98 Å². The predicted octanol–water partition coefficient (Wildman–Crippen LogP) is 1.81. The fourth-order valence-corrected chi connectivity index (χ4v) is 1.23. The van der Waals surface area contributed by atoms with Gasteiger partial charge < -0.3 is 9.84 Å². The van der Waals surface area contributed by atoms with Crippen molar-refractivity contribution in [2.45, 2.75) is 12.3 Å². The SMILES string of the molecule is O=C(O)c1ccc(OC[C@H]2CC2(F)F)nc1. The molecule has 0 saturated heterocycles. The first-order valence-electron chi connectivity index (χ1n) is 4.69. The van der Waals surface area contributed by atoms with Gasteiger partial charge in [-0.15, -0.1) is 0 Å². The Balaban J connectivity index is 1.88. The molecule has 1 saturated carbocycles. The molecule has 1 aromatic rings. The van der Waals surface area contributed by atoms with Crippen LogP contribution in [0.5, 0.6) is 5.88 Å². The van der Waals surface area contributed by atoms with Crippen molar-refractivity contribution < 1.29 is 23.4 Å². The van der Waals surface area contributed by atoms with Gasteiger partial charge in [0.05, 0.1) is 18.1 Å². The van der Waals surface area contributed by atoms with Crippen LogP contribution in [-0.2, 0) is 0 Å². The Kier molecular flexibility index (Phi) is 2.49. The first-order chi connectivity index (χ1) is 7.49. The van der Waals surface area contributed by atoms with Crippen molar-refractivity contribution in [3.05, 3.63) is 23.9 Å². The minimum absolute atomic E-state index is 0.0316. The number of ether oxygens (including phenoxy) is 1. The van der Waals surface area contributed by atoms with E-state index in [9.17, 15) is 13.6 Å². The molecule has 1 N–H and O–H groups in total. The Hall–Kier alpha value is -1.72. The van der Waals surface area contributed by atoms with Gasteiger partial charge in [-0.1, -0.05) is 0 Å². The summed E-state index contributed by atoms with van der Waals surface area (Å²) in [4.78, 5) is 14.2. The number of nitrogens with zero attached hydrogens (tertiary/aromatic N) is 1. The summed E-state index contributed by atoms with van der Waals surface area (Å²) in [5.41, 5.74) is 0.0316. The Labute approximate surface area is 89.9 Å². The standard InChI is InChI=1S/C10H9F2NO3/c11-10(12)3-7(10)5-16-8-2-1-6(4-13-8)9(14)15/h1-2,4,7H,3,5H2,(H,14,15)/t7-/m1/s1. The van der Waals surface area contributed by atoms with Crippen LogP contribution < -0.4 is 4.74 Å². The van der Waals surface area contributed by atoms with Crippen molar-refractivity contribution in [1.29, 1.82) is 0 Å². The van der Waals surface area contributed by atoms with Crippen LogP contribution in [0.2, 0.25) is 0 Å². The van der Waals surface area contributed by atoms with E-state index in [1.807, 2.05) is 0 Å². The van der Waals surface area contributed by atoms with Gasteiger partial charge >= 0.3 is 5.97 Å². The highest BCUT2D eigenvalue weighted by Crippen LogP contribution is 2.48. The molecule has 1 fully saturated rings. The van der Waals surface area contributed by atoms with Crippen molar-refractivity contribution in [3.8, 4) is 5.88 Å². The smallest absolute Gasteiger partial charge is 0.337 e. The molecule has 2 rings (SSSR count). The number of hydrogen-bond acceptors (Lipinski definition) is 3. The summed E-state index contributed by atoms with van der Waals surface area (Å²) in [6, 6.07) is 2.67. The minimum Gasteiger partial charge on any atom is -0.478 e. The van der Waals surface area contributed by atoms with E-state index in [1.54, 1.807) is 0 Å². The van der Waals surface area contributed by atoms with Gasteiger partial charge in [-0.05, 0) is 6.07 Å². The van der Waals surface area contributed by atoms with Crippen molar-refractivity contribution in [2.24, 2.45) is 5.92 Å². The number of hydrogen-bond donors (Lipinski definition) is 1. The second-order valence-corrected chi connectivity index (χ2v) is 3.66. The third kappa shape index (κ3) is 2.26. The molecule has 1 atom stereocenters. The summed E-state index contributed by atoms with van der Waals surface area (Å²) >= 11 is 0. The maximum atomic E-state index is 12.5. The van der Waals surface area contributed by atoms with E-state index in [0.29, 0.717) is 0 Å².